The van der Waals surface area contributed by atoms with Gasteiger partial charge in [-0.25, -0.2) is 0 Å². The van der Waals surface area contributed by atoms with Gasteiger partial charge in [0, 0.05) is 25.7 Å². The molecule has 2 N–H and O–H groups in total. The average Bonchev–Trinajstić information content (AvgIpc) is 2.92. The summed E-state index contributed by atoms with van der Waals surface area (Å²) in [6.45, 7) is 5.74. The molecule has 2 unspecified atom stereocenters. The van der Waals surface area contributed by atoms with Gasteiger partial charge < -0.3 is 15.3 Å². The molecule has 17 heavy (non-hydrogen) atoms. The molecule has 1 saturated heterocycles. The van der Waals surface area contributed by atoms with Crippen molar-refractivity contribution in [2.24, 2.45) is 11.8 Å². The molecule has 0 radical (unpaired) electrons. The number of hydrogen-bond donors (Lipinski definition) is 2. The Kier molecular flexibility index (Phi) is 4.40. The van der Waals surface area contributed by atoms with Crippen molar-refractivity contribution < 1.29 is 9.90 Å². The van der Waals surface area contributed by atoms with E-state index in [4.69, 9.17) is 5.11 Å². The van der Waals surface area contributed by atoms with Crippen molar-refractivity contribution in [3.8, 4) is 0 Å². The molecule has 2 atom stereocenters. The van der Waals surface area contributed by atoms with E-state index < -0.39 is 5.97 Å². The largest absolute Gasteiger partial charge is 0.481 e. The van der Waals surface area contributed by atoms with E-state index in [2.05, 4.69) is 10.2 Å². The molecule has 2 fully saturated rings. The molecular weight excluding hydrogens is 216 g/mol. The lowest BCUT2D eigenvalue weighted by Crippen LogP contribution is -2.41. The van der Waals surface area contributed by atoms with Gasteiger partial charge in [-0.05, 0) is 38.1 Å². The minimum absolute atomic E-state index is 0.254. The third-order valence-corrected chi connectivity index (χ3v) is 3.81. The Morgan fingerprint density at radius 1 is 1.41 bits per heavy atom. The van der Waals surface area contributed by atoms with Gasteiger partial charge in [0.2, 0.25) is 0 Å². The number of nitrogens with one attached hydrogen (secondary N) is 1. The first-order chi connectivity index (χ1) is 8.15. The molecule has 0 aromatic rings. The summed E-state index contributed by atoms with van der Waals surface area (Å²) in [7, 11) is 0. The smallest absolute Gasteiger partial charge is 0.307 e. The van der Waals surface area contributed by atoms with Gasteiger partial charge in [0.05, 0.1) is 5.92 Å². The molecule has 1 heterocycles. The highest BCUT2D eigenvalue weighted by atomic mass is 16.4. The molecule has 1 saturated carbocycles. The van der Waals surface area contributed by atoms with Gasteiger partial charge in [-0.3, -0.25) is 4.79 Å². The van der Waals surface area contributed by atoms with Gasteiger partial charge in [0.15, 0.2) is 0 Å². The van der Waals surface area contributed by atoms with E-state index in [-0.39, 0.29) is 5.92 Å². The van der Waals surface area contributed by atoms with Crippen LogP contribution in [0, 0.1) is 11.8 Å². The summed E-state index contributed by atoms with van der Waals surface area (Å²) in [6, 6.07) is 0.578. The number of nitrogens with zero attached hydrogens (tertiary/aromatic N) is 1. The highest BCUT2D eigenvalue weighted by Crippen LogP contribution is 2.30. The van der Waals surface area contributed by atoms with E-state index in [1.807, 2.05) is 6.92 Å². The van der Waals surface area contributed by atoms with Gasteiger partial charge in [-0.15, -0.1) is 0 Å². The van der Waals surface area contributed by atoms with Crippen molar-refractivity contribution in [3.63, 3.8) is 0 Å². The molecule has 4 heteroatoms. The zero-order valence-corrected chi connectivity index (χ0v) is 10.7. The van der Waals surface area contributed by atoms with Gasteiger partial charge in [-0.1, -0.05) is 6.92 Å². The van der Waals surface area contributed by atoms with Crippen molar-refractivity contribution in [2.45, 2.75) is 38.6 Å². The predicted octanol–water partition coefficient (Wildman–Crippen LogP) is 1.17. The zero-order chi connectivity index (χ0) is 12.3. The molecule has 2 aliphatic rings. The average molecular weight is 240 g/mol. The summed E-state index contributed by atoms with van der Waals surface area (Å²) in [5, 5.41) is 12.5. The van der Waals surface area contributed by atoms with Crippen LogP contribution in [-0.2, 0) is 4.79 Å². The van der Waals surface area contributed by atoms with Crippen molar-refractivity contribution in [1.82, 2.24) is 10.2 Å². The summed E-state index contributed by atoms with van der Waals surface area (Å²) in [5.41, 5.74) is 0. The van der Waals surface area contributed by atoms with Crippen LogP contribution in [0.2, 0.25) is 0 Å². The number of aliphatic carboxylic acids is 1. The number of carbonyl (C=O) groups is 1. The summed E-state index contributed by atoms with van der Waals surface area (Å²) >= 11 is 0. The molecular formula is C13H24N2O2. The molecule has 1 aliphatic carbocycles. The molecule has 0 amide bonds. The maximum Gasteiger partial charge on any atom is 0.307 e. The maximum atomic E-state index is 10.9. The van der Waals surface area contributed by atoms with Crippen molar-refractivity contribution >= 4 is 5.97 Å². The normalized spacial score (nSPS) is 26.4. The number of carboxylic acid groups (broad SMARTS) is 1. The van der Waals surface area contributed by atoms with Crippen molar-refractivity contribution in [3.05, 3.63) is 0 Å². The summed E-state index contributed by atoms with van der Waals surface area (Å²) in [5.74, 6) is -0.0993. The minimum Gasteiger partial charge on any atom is -0.481 e. The zero-order valence-electron chi connectivity index (χ0n) is 10.7. The molecule has 0 bridgehead atoms. The van der Waals surface area contributed by atoms with Crippen LogP contribution in [0.4, 0.5) is 0 Å². The van der Waals surface area contributed by atoms with Crippen LogP contribution in [-0.4, -0.2) is 48.2 Å². The number of rotatable bonds is 7. The van der Waals surface area contributed by atoms with Gasteiger partial charge in [0.25, 0.3) is 0 Å². The van der Waals surface area contributed by atoms with E-state index >= 15 is 0 Å². The predicted molar refractivity (Wildman–Crippen MR) is 67.0 cm³/mol. The Labute approximate surface area is 103 Å². The summed E-state index contributed by atoms with van der Waals surface area (Å²) in [6.07, 6.45) is 5.16. The van der Waals surface area contributed by atoms with E-state index in [1.54, 1.807) is 0 Å². The van der Waals surface area contributed by atoms with E-state index in [0.29, 0.717) is 12.6 Å². The molecule has 0 aromatic carbocycles. The molecule has 0 aromatic heterocycles. The standard InChI is InChI=1S/C13H24N2O2/c1-10(13(16)17)7-15(8-11-4-5-11)9-12-3-2-6-14-12/h10-12,14H,2-9H2,1H3,(H,16,17). The molecule has 2 rings (SSSR count). The monoisotopic (exact) mass is 240 g/mol. The van der Waals surface area contributed by atoms with Gasteiger partial charge in [0.1, 0.15) is 0 Å². The Balaban J connectivity index is 1.80. The minimum atomic E-state index is -0.676. The lowest BCUT2D eigenvalue weighted by atomic mass is 10.1. The third-order valence-electron chi connectivity index (χ3n) is 3.81. The fourth-order valence-corrected chi connectivity index (χ4v) is 2.58. The van der Waals surface area contributed by atoms with Crippen molar-refractivity contribution in [2.75, 3.05) is 26.2 Å². The first-order valence-corrected chi connectivity index (χ1v) is 6.83. The highest BCUT2D eigenvalue weighted by molar-refractivity contribution is 5.69. The molecule has 1 aliphatic heterocycles. The molecule has 98 valence electrons. The van der Waals surface area contributed by atoms with Crippen LogP contribution in [0.1, 0.15) is 32.6 Å². The number of hydrogen-bond acceptors (Lipinski definition) is 3. The Morgan fingerprint density at radius 3 is 2.71 bits per heavy atom. The molecule has 0 spiro atoms. The maximum absolute atomic E-state index is 10.9. The van der Waals surface area contributed by atoms with Crippen LogP contribution in [0.5, 0.6) is 0 Å². The van der Waals surface area contributed by atoms with Crippen LogP contribution < -0.4 is 5.32 Å². The van der Waals surface area contributed by atoms with Crippen LogP contribution >= 0.6 is 0 Å². The topological polar surface area (TPSA) is 52.6 Å². The quantitative estimate of drug-likeness (QED) is 0.701. The second kappa shape index (κ2) is 5.83. The van der Waals surface area contributed by atoms with Crippen molar-refractivity contribution in [1.29, 1.82) is 0 Å². The Bertz CT molecular complexity index is 260. The fraction of sp³-hybridized carbons (Fsp3) is 0.923. The summed E-state index contributed by atoms with van der Waals surface area (Å²) in [4.78, 5) is 13.3. The van der Waals surface area contributed by atoms with Gasteiger partial charge in [-0.2, -0.15) is 0 Å². The van der Waals surface area contributed by atoms with Crippen LogP contribution in [0.3, 0.4) is 0 Å². The molecule has 4 nitrogen and oxygen atoms in total. The Hall–Kier alpha value is -0.610. The number of carboxylic acids is 1. The first kappa shape index (κ1) is 12.8. The highest BCUT2D eigenvalue weighted by Gasteiger charge is 2.28. The summed E-state index contributed by atoms with van der Waals surface area (Å²) < 4.78 is 0. The first-order valence-electron chi connectivity index (χ1n) is 6.83. The van der Waals surface area contributed by atoms with E-state index in [9.17, 15) is 4.79 Å². The van der Waals surface area contributed by atoms with E-state index in [0.717, 1.165) is 25.6 Å². The SMILES string of the molecule is CC(CN(CC1CC1)CC1CCCN1)C(=O)O. The van der Waals surface area contributed by atoms with Crippen LogP contribution in [0.25, 0.3) is 0 Å². The Morgan fingerprint density at radius 2 is 2.18 bits per heavy atom. The second-order valence-electron chi connectivity index (χ2n) is 5.69. The lowest BCUT2D eigenvalue weighted by Gasteiger charge is -2.27. The lowest BCUT2D eigenvalue weighted by molar-refractivity contribution is -0.141. The van der Waals surface area contributed by atoms with Gasteiger partial charge >= 0.3 is 5.97 Å². The van der Waals surface area contributed by atoms with E-state index in [1.165, 1.54) is 25.7 Å². The van der Waals surface area contributed by atoms with Crippen LogP contribution in [0.15, 0.2) is 0 Å². The third kappa shape index (κ3) is 4.28. The fourth-order valence-electron chi connectivity index (χ4n) is 2.58. The second-order valence-corrected chi connectivity index (χ2v) is 5.69.